The average molecular weight is 322 g/mol. The highest BCUT2D eigenvalue weighted by Crippen LogP contribution is 2.17. The first kappa shape index (κ1) is 16.9. The number of amides is 2. The van der Waals surface area contributed by atoms with Crippen LogP contribution in [0.15, 0.2) is 24.3 Å². The standard InChI is InChI=1S/C16H22N2O5/c1-3-22-16(20)18-10-8-17(9-11-18)15(19)12-23-14-6-4-13(21-2)5-7-14/h4-7H,3,8-12H2,1-2H3. The Bertz CT molecular complexity index is 524. The minimum atomic E-state index is -0.325. The number of piperazine rings is 1. The zero-order chi connectivity index (χ0) is 16.7. The summed E-state index contributed by atoms with van der Waals surface area (Å²) in [6, 6.07) is 7.06. The van der Waals surface area contributed by atoms with Gasteiger partial charge in [-0.1, -0.05) is 0 Å². The quantitative estimate of drug-likeness (QED) is 0.819. The molecule has 1 aliphatic rings. The minimum absolute atomic E-state index is 0.0221. The second-order valence-electron chi connectivity index (χ2n) is 5.03. The number of hydrogen-bond donors (Lipinski definition) is 0. The first-order valence-electron chi connectivity index (χ1n) is 7.60. The molecule has 0 aliphatic carbocycles. The summed E-state index contributed by atoms with van der Waals surface area (Å²) in [7, 11) is 1.59. The second-order valence-corrected chi connectivity index (χ2v) is 5.03. The SMILES string of the molecule is CCOC(=O)N1CCN(C(=O)COc2ccc(OC)cc2)CC1. The molecule has 23 heavy (non-hydrogen) atoms. The lowest BCUT2D eigenvalue weighted by atomic mass is 10.3. The molecule has 0 radical (unpaired) electrons. The van der Waals surface area contributed by atoms with Gasteiger partial charge in [-0.15, -0.1) is 0 Å². The molecule has 1 aromatic rings. The third-order valence-electron chi connectivity index (χ3n) is 3.58. The number of hydrogen-bond acceptors (Lipinski definition) is 5. The van der Waals surface area contributed by atoms with Crippen molar-refractivity contribution in [2.75, 3.05) is 46.5 Å². The third-order valence-corrected chi connectivity index (χ3v) is 3.58. The smallest absolute Gasteiger partial charge is 0.409 e. The summed E-state index contributed by atoms with van der Waals surface area (Å²) in [5, 5.41) is 0. The lowest BCUT2D eigenvalue weighted by Crippen LogP contribution is -2.51. The van der Waals surface area contributed by atoms with Crippen LogP contribution in [0.5, 0.6) is 11.5 Å². The van der Waals surface area contributed by atoms with Gasteiger partial charge in [-0.2, -0.15) is 0 Å². The average Bonchev–Trinajstić information content (AvgIpc) is 2.60. The van der Waals surface area contributed by atoms with E-state index in [-0.39, 0.29) is 18.6 Å². The number of carbonyl (C=O) groups excluding carboxylic acids is 2. The monoisotopic (exact) mass is 322 g/mol. The Morgan fingerprint density at radius 2 is 1.57 bits per heavy atom. The van der Waals surface area contributed by atoms with Crippen molar-refractivity contribution in [2.24, 2.45) is 0 Å². The van der Waals surface area contributed by atoms with E-state index >= 15 is 0 Å². The molecule has 1 aromatic carbocycles. The molecule has 2 rings (SSSR count). The maximum atomic E-state index is 12.1. The van der Waals surface area contributed by atoms with Crippen LogP contribution in [-0.4, -0.2) is 68.3 Å². The van der Waals surface area contributed by atoms with Gasteiger partial charge in [0.25, 0.3) is 5.91 Å². The molecule has 0 spiro atoms. The molecule has 0 atom stereocenters. The van der Waals surface area contributed by atoms with Crippen LogP contribution < -0.4 is 9.47 Å². The van der Waals surface area contributed by atoms with Crippen molar-refractivity contribution in [3.8, 4) is 11.5 Å². The fourth-order valence-electron chi connectivity index (χ4n) is 2.26. The highest BCUT2D eigenvalue weighted by molar-refractivity contribution is 5.78. The van der Waals surface area contributed by atoms with Crippen molar-refractivity contribution < 1.29 is 23.8 Å². The van der Waals surface area contributed by atoms with Gasteiger partial charge in [-0.05, 0) is 31.2 Å². The van der Waals surface area contributed by atoms with Gasteiger partial charge < -0.3 is 24.0 Å². The molecular formula is C16H22N2O5. The molecule has 0 aromatic heterocycles. The van der Waals surface area contributed by atoms with Gasteiger partial charge in [-0.3, -0.25) is 4.79 Å². The molecule has 1 saturated heterocycles. The van der Waals surface area contributed by atoms with E-state index in [1.54, 1.807) is 48.1 Å². The van der Waals surface area contributed by atoms with Crippen LogP contribution in [0.4, 0.5) is 4.79 Å². The number of rotatable bonds is 5. The Hall–Kier alpha value is -2.44. The van der Waals surface area contributed by atoms with Crippen LogP contribution in [0.25, 0.3) is 0 Å². The molecule has 0 unspecified atom stereocenters. The molecule has 2 amide bonds. The van der Waals surface area contributed by atoms with E-state index in [0.717, 1.165) is 5.75 Å². The van der Waals surface area contributed by atoms with Crippen LogP contribution in [-0.2, 0) is 9.53 Å². The Morgan fingerprint density at radius 1 is 1.00 bits per heavy atom. The minimum Gasteiger partial charge on any atom is -0.497 e. The Kier molecular flexibility index (Phi) is 6.08. The molecule has 7 nitrogen and oxygen atoms in total. The normalized spacial score (nSPS) is 14.3. The first-order valence-corrected chi connectivity index (χ1v) is 7.60. The van der Waals surface area contributed by atoms with Crippen molar-refractivity contribution in [1.82, 2.24) is 9.80 Å². The van der Waals surface area contributed by atoms with Crippen LogP contribution >= 0.6 is 0 Å². The van der Waals surface area contributed by atoms with E-state index in [2.05, 4.69) is 0 Å². The van der Waals surface area contributed by atoms with Gasteiger partial charge in [-0.25, -0.2) is 4.79 Å². The molecule has 126 valence electrons. The van der Waals surface area contributed by atoms with E-state index in [9.17, 15) is 9.59 Å². The Morgan fingerprint density at radius 3 is 2.13 bits per heavy atom. The first-order chi connectivity index (χ1) is 11.1. The summed E-state index contributed by atoms with van der Waals surface area (Å²) in [6.07, 6.45) is -0.325. The van der Waals surface area contributed by atoms with Gasteiger partial charge in [0, 0.05) is 26.2 Å². The maximum Gasteiger partial charge on any atom is 0.409 e. The molecule has 1 fully saturated rings. The summed E-state index contributed by atoms with van der Waals surface area (Å²) in [5.74, 6) is 1.26. The lowest BCUT2D eigenvalue weighted by molar-refractivity contribution is -0.134. The van der Waals surface area contributed by atoms with Crippen molar-refractivity contribution >= 4 is 12.0 Å². The molecule has 1 heterocycles. The third kappa shape index (κ3) is 4.77. The van der Waals surface area contributed by atoms with E-state index in [1.165, 1.54) is 0 Å². The van der Waals surface area contributed by atoms with Crippen LogP contribution in [0.2, 0.25) is 0 Å². The number of carbonyl (C=O) groups is 2. The van der Waals surface area contributed by atoms with Gasteiger partial charge in [0.2, 0.25) is 0 Å². The molecular weight excluding hydrogens is 300 g/mol. The van der Waals surface area contributed by atoms with Crippen molar-refractivity contribution in [2.45, 2.75) is 6.92 Å². The summed E-state index contributed by atoms with van der Waals surface area (Å²) in [6.45, 7) is 4.04. The summed E-state index contributed by atoms with van der Waals surface area (Å²) in [4.78, 5) is 27.0. The van der Waals surface area contributed by atoms with E-state index in [0.29, 0.717) is 38.5 Å². The fourth-order valence-corrected chi connectivity index (χ4v) is 2.26. The zero-order valence-electron chi connectivity index (χ0n) is 13.5. The predicted octanol–water partition coefficient (Wildman–Crippen LogP) is 1.37. The number of ether oxygens (including phenoxy) is 3. The molecule has 7 heteroatoms. The fraction of sp³-hybridized carbons (Fsp3) is 0.500. The number of nitrogens with zero attached hydrogens (tertiary/aromatic N) is 2. The molecule has 1 aliphatic heterocycles. The zero-order valence-corrected chi connectivity index (χ0v) is 13.5. The summed E-state index contributed by atoms with van der Waals surface area (Å²) >= 11 is 0. The van der Waals surface area contributed by atoms with Crippen LogP contribution in [0, 0.1) is 0 Å². The summed E-state index contributed by atoms with van der Waals surface area (Å²) < 4.78 is 15.5. The predicted molar refractivity (Wildman–Crippen MR) is 83.7 cm³/mol. The van der Waals surface area contributed by atoms with Crippen LogP contribution in [0.1, 0.15) is 6.92 Å². The number of benzene rings is 1. The van der Waals surface area contributed by atoms with Crippen LogP contribution in [0.3, 0.4) is 0 Å². The van der Waals surface area contributed by atoms with Gasteiger partial charge in [0.15, 0.2) is 6.61 Å². The van der Waals surface area contributed by atoms with E-state index in [1.807, 2.05) is 0 Å². The topological polar surface area (TPSA) is 68.3 Å². The molecule has 0 N–H and O–H groups in total. The van der Waals surface area contributed by atoms with Crippen molar-refractivity contribution in [3.63, 3.8) is 0 Å². The van der Waals surface area contributed by atoms with Crippen molar-refractivity contribution in [3.05, 3.63) is 24.3 Å². The number of methoxy groups -OCH3 is 1. The Balaban J connectivity index is 1.75. The lowest BCUT2D eigenvalue weighted by Gasteiger charge is -2.33. The highest BCUT2D eigenvalue weighted by Gasteiger charge is 2.24. The summed E-state index contributed by atoms with van der Waals surface area (Å²) in [5.41, 5.74) is 0. The molecule has 0 saturated carbocycles. The van der Waals surface area contributed by atoms with E-state index < -0.39 is 0 Å². The largest absolute Gasteiger partial charge is 0.497 e. The maximum absolute atomic E-state index is 12.1. The van der Waals surface area contributed by atoms with E-state index in [4.69, 9.17) is 14.2 Å². The van der Waals surface area contributed by atoms with Gasteiger partial charge in [0.1, 0.15) is 11.5 Å². The van der Waals surface area contributed by atoms with Gasteiger partial charge >= 0.3 is 6.09 Å². The highest BCUT2D eigenvalue weighted by atomic mass is 16.6. The molecule has 0 bridgehead atoms. The van der Waals surface area contributed by atoms with Gasteiger partial charge in [0.05, 0.1) is 13.7 Å². The second kappa shape index (κ2) is 8.26. The Labute approximate surface area is 135 Å². The van der Waals surface area contributed by atoms with Crippen molar-refractivity contribution in [1.29, 1.82) is 0 Å².